The maximum Gasteiger partial charge on any atom is 0.245 e. The highest BCUT2D eigenvalue weighted by Gasteiger charge is 2.43. The average molecular weight is 290 g/mol. The third-order valence-electron chi connectivity index (χ3n) is 4.04. The molecular weight excluding hydrogens is 268 g/mol. The molecule has 1 unspecified atom stereocenters. The Morgan fingerprint density at radius 1 is 1.38 bits per heavy atom. The van der Waals surface area contributed by atoms with E-state index in [1.807, 2.05) is 13.8 Å². The molecule has 1 heterocycles. The first kappa shape index (κ1) is 15.4. The van der Waals surface area contributed by atoms with Crippen LogP contribution in [0.2, 0.25) is 0 Å². The van der Waals surface area contributed by atoms with Gasteiger partial charge in [0.1, 0.15) is 11.3 Å². The zero-order valence-corrected chi connectivity index (χ0v) is 12.6. The standard InChI is InChI=1S/C16H22N2O3/c1-3-8-16(2)15(21)17-9-10-18(16)14(20)11-12-4-6-13(19)7-5-12/h4-7,19H,3,8-11H2,1-2H3,(H,17,21). The van der Waals surface area contributed by atoms with Gasteiger partial charge >= 0.3 is 0 Å². The predicted molar refractivity (Wildman–Crippen MR) is 79.8 cm³/mol. The molecule has 0 aromatic heterocycles. The Kier molecular flexibility index (Phi) is 4.50. The molecule has 0 spiro atoms. The van der Waals surface area contributed by atoms with Crippen molar-refractivity contribution >= 4 is 11.8 Å². The van der Waals surface area contributed by atoms with Gasteiger partial charge in [0.05, 0.1) is 6.42 Å². The Labute approximate surface area is 125 Å². The number of phenols is 1. The number of hydrogen-bond donors (Lipinski definition) is 2. The van der Waals surface area contributed by atoms with E-state index in [1.54, 1.807) is 29.2 Å². The van der Waals surface area contributed by atoms with E-state index in [1.165, 1.54) is 0 Å². The number of benzene rings is 1. The van der Waals surface area contributed by atoms with E-state index >= 15 is 0 Å². The fourth-order valence-corrected chi connectivity index (χ4v) is 2.86. The lowest BCUT2D eigenvalue weighted by Gasteiger charge is -2.43. The van der Waals surface area contributed by atoms with Gasteiger partial charge in [-0.1, -0.05) is 25.5 Å². The molecule has 2 N–H and O–H groups in total. The number of nitrogens with zero attached hydrogens (tertiary/aromatic N) is 1. The zero-order valence-electron chi connectivity index (χ0n) is 12.6. The molecule has 2 rings (SSSR count). The molecule has 5 nitrogen and oxygen atoms in total. The maximum absolute atomic E-state index is 12.6. The van der Waals surface area contributed by atoms with Crippen LogP contribution in [0, 0.1) is 0 Å². The number of aromatic hydroxyl groups is 1. The Morgan fingerprint density at radius 2 is 2.05 bits per heavy atom. The van der Waals surface area contributed by atoms with Gasteiger partial charge in [0.25, 0.3) is 0 Å². The lowest BCUT2D eigenvalue weighted by Crippen LogP contribution is -2.65. The summed E-state index contributed by atoms with van der Waals surface area (Å²) >= 11 is 0. The molecule has 1 atom stereocenters. The summed E-state index contributed by atoms with van der Waals surface area (Å²) < 4.78 is 0. The van der Waals surface area contributed by atoms with Crippen LogP contribution in [0.15, 0.2) is 24.3 Å². The third-order valence-corrected chi connectivity index (χ3v) is 4.04. The van der Waals surface area contributed by atoms with Crippen LogP contribution >= 0.6 is 0 Å². The lowest BCUT2D eigenvalue weighted by atomic mass is 9.90. The monoisotopic (exact) mass is 290 g/mol. The fourth-order valence-electron chi connectivity index (χ4n) is 2.86. The molecule has 1 fully saturated rings. The molecule has 0 saturated carbocycles. The number of phenolic OH excluding ortho intramolecular Hbond substituents is 1. The Balaban J connectivity index is 2.15. The van der Waals surface area contributed by atoms with E-state index in [9.17, 15) is 14.7 Å². The highest BCUT2D eigenvalue weighted by Crippen LogP contribution is 2.25. The van der Waals surface area contributed by atoms with Gasteiger partial charge in [0.15, 0.2) is 0 Å². The Bertz CT molecular complexity index is 527. The molecule has 5 heteroatoms. The van der Waals surface area contributed by atoms with Gasteiger partial charge in [0, 0.05) is 13.1 Å². The molecule has 1 aliphatic heterocycles. The van der Waals surface area contributed by atoms with Crippen LogP contribution in [0.25, 0.3) is 0 Å². The van der Waals surface area contributed by atoms with E-state index in [-0.39, 0.29) is 24.0 Å². The van der Waals surface area contributed by atoms with Crippen molar-refractivity contribution in [1.82, 2.24) is 10.2 Å². The number of piperazine rings is 1. The minimum absolute atomic E-state index is 0.0495. The van der Waals surface area contributed by atoms with E-state index in [0.29, 0.717) is 19.5 Å². The van der Waals surface area contributed by atoms with Crippen LogP contribution in [0.4, 0.5) is 0 Å². The van der Waals surface area contributed by atoms with Gasteiger partial charge in [-0.15, -0.1) is 0 Å². The molecule has 0 bridgehead atoms. The summed E-state index contributed by atoms with van der Waals surface area (Å²) in [6.45, 7) is 4.88. The van der Waals surface area contributed by atoms with Crippen molar-refractivity contribution in [3.63, 3.8) is 0 Å². The number of hydrogen-bond acceptors (Lipinski definition) is 3. The van der Waals surface area contributed by atoms with Gasteiger partial charge in [0.2, 0.25) is 11.8 Å². The number of amides is 2. The number of nitrogens with one attached hydrogen (secondary N) is 1. The average Bonchev–Trinajstić information content (AvgIpc) is 2.44. The normalized spacial score (nSPS) is 22.0. The van der Waals surface area contributed by atoms with Crippen molar-refractivity contribution in [2.75, 3.05) is 13.1 Å². The van der Waals surface area contributed by atoms with Crippen molar-refractivity contribution in [3.05, 3.63) is 29.8 Å². The van der Waals surface area contributed by atoms with Gasteiger partial charge in [-0.05, 0) is 31.0 Å². The second-order valence-corrected chi connectivity index (χ2v) is 5.67. The second kappa shape index (κ2) is 6.16. The molecule has 21 heavy (non-hydrogen) atoms. The molecule has 1 aliphatic rings. The van der Waals surface area contributed by atoms with Crippen LogP contribution in [0.5, 0.6) is 5.75 Å². The molecule has 114 valence electrons. The van der Waals surface area contributed by atoms with Gasteiger partial charge in [-0.3, -0.25) is 9.59 Å². The van der Waals surface area contributed by atoms with Gasteiger partial charge < -0.3 is 15.3 Å². The van der Waals surface area contributed by atoms with E-state index in [2.05, 4.69) is 5.32 Å². The first-order chi connectivity index (χ1) is 9.97. The molecular formula is C16H22N2O3. The molecule has 2 amide bonds. The number of carbonyl (C=O) groups is 2. The molecule has 1 aromatic carbocycles. The van der Waals surface area contributed by atoms with Crippen molar-refractivity contribution < 1.29 is 14.7 Å². The van der Waals surface area contributed by atoms with E-state index in [0.717, 1.165) is 12.0 Å². The third kappa shape index (κ3) is 3.17. The number of rotatable bonds is 4. The first-order valence-corrected chi connectivity index (χ1v) is 7.34. The SMILES string of the molecule is CCCC1(C)C(=O)NCCN1C(=O)Cc1ccc(O)cc1. The minimum atomic E-state index is -0.763. The summed E-state index contributed by atoms with van der Waals surface area (Å²) in [4.78, 5) is 26.4. The topological polar surface area (TPSA) is 69.6 Å². The predicted octanol–water partition coefficient (Wildman–Crippen LogP) is 1.45. The summed E-state index contributed by atoms with van der Waals surface area (Å²) in [7, 11) is 0. The Hall–Kier alpha value is -2.04. The van der Waals surface area contributed by atoms with E-state index < -0.39 is 5.54 Å². The highest BCUT2D eigenvalue weighted by molar-refractivity contribution is 5.92. The molecule has 1 saturated heterocycles. The maximum atomic E-state index is 12.6. The highest BCUT2D eigenvalue weighted by atomic mass is 16.3. The lowest BCUT2D eigenvalue weighted by molar-refractivity contribution is -0.150. The smallest absolute Gasteiger partial charge is 0.245 e. The number of carbonyl (C=O) groups excluding carboxylic acids is 2. The summed E-state index contributed by atoms with van der Waals surface area (Å²) in [6.07, 6.45) is 1.74. The van der Waals surface area contributed by atoms with Crippen molar-refractivity contribution in [2.45, 2.75) is 38.6 Å². The quantitative estimate of drug-likeness (QED) is 0.882. The van der Waals surface area contributed by atoms with Crippen molar-refractivity contribution in [3.8, 4) is 5.75 Å². The summed E-state index contributed by atoms with van der Waals surface area (Å²) in [5.41, 5.74) is 0.0729. The van der Waals surface area contributed by atoms with Crippen molar-refractivity contribution in [1.29, 1.82) is 0 Å². The van der Waals surface area contributed by atoms with Gasteiger partial charge in [-0.25, -0.2) is 0 Å². The van der Waals surface area contributed by atoms with Crippen LogP contribution in [0.3, 0.4) is 0 Å². The first-order valence-electron chi connectivity index (χ1n) is 7.34. The summed E-state index contributed by atoms with van der Waals surface area (Å²) in [5, 5.41) is 12.1. The molecule has 1 aromatic rings. The van der Waals surface area contributed by atoms with Crippen LogP contribution < -0.4 is 5.32 Å². The fraction of sp³-hybridized carbons (Fsp3) is 0.500. The van der Waals surface area contributed by atoms with Crippen LogP contribution in [0.1, 0.15) is 32.3 Å². The largest absolute Gasteiger partial charge is 0.508 e. The molecule has 0 radical (unpaired) electrons. The van der Waals surface area contributed by atoms with Crippen LogP contribution in [-0.4, -0.2) is 40.4 Å². The second-order valence-electron chi connectivity index (χ2n) is 5.67. The van der Waals surface area contributed by atoms with Gasteiger partial charge in [-0.2, -0.15) is 0 Å². The van der Waals surface area contributed by atoms with Crippen LogP contribution in [-0.2, 0) is 16.0 Å². The molecule has 0 aliphatic carbocycles. The van der Waals surface area contributed by atoms with Crippen molar-refractivity contribution in [2.24, 2.45) is 0 Å². The summed E-state index contributed by atoms with van der Waals surface area (Å²) in [6, 6.07) is 6.59. The Morgan fingerprint density at radius 3 is 2.67 bits per heavy atom. The zero-order chi connectivity index (χ0) is 15.5. The van der Waals surface area contributed by atoms with E-state index in [4.69, 9.17) is 0 Å². The minimum Gasteiger partial charge on any atom is -0.508 e. The summed E-state index contributed by atoms with van der Waals surface area (Å²) in [5.74, 6) is 0.0560.